The Hall–Kier alpha value is -1.55. The highest BCUT2D eigenvalue weighted by Gasteiger charge is 2.12. The van der Waals surface area contributed by atoms with Crippen LogP contribution in [0.25, 0.3) is 10.9 Å². The predicted molar refractivity (Wildman–Crippen MR) is 49.6 cm³/mol. The van der Waals surface area contributed by atoms with Crippen molar-refractivity contribution in [3.63, 3.8) is 0 Å². The van der Waals surface area contributed by atoms with Gasteiger partial charge in [-0.2, -0.15) is 0 Å². The maximum absolute atomic E-state index is 11.0. The molecule has 1 amide bonds. The molecule has 4 nitrogen and oxygen atoms in total. The molecule has 0 saturated heterocycles. The van der Waals surface area contributed by atoms with Gasteiger partial charge in [-0.25, -0.2) is 4.98 Å². The van der Waals surface area contributed by atoms with E-state index in [0.29, 0.717) is 5.52 Å². The van der Waals surface area contributed by atoms with Gasteiger partial charge in [-0.05, 0) is 6.07 Å². The fourth-order valence-electron chi connectivity index (χ4n) is 1.22. The van der Waals surface area contributed by atoms with Gasteiger partial charge in [0.15, 0.2) is 0 Å². The fraction of sp³-hybridized carbons (Fsp3) is 0. The van der Waals surface area contributed by atoms with Gasteiger partial charge in [-0.15, -0.1) is 0 Å². The first-order chi connectivity index (χ1) is 6.20. The fourth-order valence-corrected chi connectivity index (χ4v) is 1.46. The van der Waals surface area contributed by atoms with Crippen LogP contribution in [0, 0.1) is 0 Å². The Balaban J connectivity index is 2.88. The highest BCUT2D eigenvalue weighted by atomic mass is 35.5. The molecule has 0 aliphatic carbocycles. The van der Waals surface area contributed by atoms with Crippen LogP contribution in [0.3, 0.4) is 0 Å². The van der Waals surface area contributed by atoms with E-state index in [4.69, 9.17) is 17.3 Å². The summed E-state index contributed by atoms with van der Waals surface area (Å²) < 4.78 is 0. The van der Waals surface area contributed by atoms with E-state index < -0.39 is 5.91 Å². The lowest BCUT2D eigenvalue weighted by atomic mass is 10.2. The van der Waals surface area contributed by atoms with Gasteiger partial charge < -0.3 is 10.7 Å². The second kappa shape index (κ2) is 2.74. The Morgan fingerprint density at radius 2 is 2.38 bits per heavy atom. The maximum atomic E-state index is 11.0. The number of aromatic nitrogens is 2. The molecule has 3 N–H and O–H groups in total. The van der Waals surface area contributed by atoms with Gasteiger partial charge in [-0.1, -0.05) is 11.6 Å². The lowest BCUT2D eigenvalue weighted by molar-refractivity contribution is 0.100. The Morgan fingerprint density at radius 3 is 3.08 bits per heavy atom. The molecule has 0 radical (unpaired) electrons. The molecule has 2 aromatic rings. The van der Waals surface area contributed by atoms with Crippen molar-refractivity contribution >= 4 is 28.4 Å². The summed E-state index contributed by atoms with van der Waals surface area (Å²) in [5.74, 6) is -0.578. The summed E-state index contributed by atoms with van der Waals surface area (Å²) in [6, 6.07) is 1.80. The van der Waals surface area contributed by atoms with E-state index in [1.807, 2.05) is 0 Å². The minimum Gasteiger partial charge on any atom is -0.365 e. The average Bonchev–Trinajstić information content (AvgIpc) is 2.50. The standard InChI is InChI=1S/C8H6ClN3O/c9-7-5(8(10)13)6-4(3-12-7)1-2-11-6/h1-3,11H,(H2,10,13). The Labute approximate surface area is 78.7 Å². The molecule has 0 bridgehead atoms. The van der Waals surface area contributed by atoms with Gasteiger partial charge in [0.2, 0.25) is 0 Å². The minimum absolute atomic E-state index is 0.127. The number of nitrogens with one attached hydrogen (secondary N) is 1. The number of carbonyl (C=O) groups is 1. The van der Waals surface area contributed by atoms with Gasteiger partial charge in [0.25, 0.3) is 5.91 Å². The number of hydrogen-bond acceptors (Lipinski definition) is 2. The van der Waals surface area contributed by atoms with Crippen molar-refractivity contribution in [1.29, 1.82) is 0 Å². The second-order valence-electron chi connectivity index (χ2n) is 2.60. The SMILES string of the molecule is NC(=O)c1c(Cl)ncc2cc[nH]c12. The average molecular weight is 196 g/mol. The van der Waals surface area contributed by atoms with Gasteiger partial charge >= 0.3 is 0 Å². The first-order valence-electron chi connectivity index (χ1n) is 3.61. The molecule has 66 valence electrons. The zero-order valence-electron chi connectivity index (χ0n) is 6.54. The van der Waals surface area contributed by atoms with Crippen molar-refractivity contribution in [2.24, 2.45) is 5.73 Å². The molecular formula is C8H6ClN3O. The number of H-pyrrole nitrogens is 1. The molecule has 2 aromatic heterocycles. The molecule has 0 unspecified atom stereocenters. The van der Waals surface area contributed by atoms with E-state index >= 15 is 0 Å². The quantitative estimate of drug-likeness (QED) is 0.674. The molecule has 0 aliphatic heterocycles. The smallest absolute Gasteiger partial charge is 0.253 e. The summed E-state index contributed by atoms with van der Waals surface area (Å²) in [5.41, 5.74) is 6.03. The Kier molecular flexibility index (Phi) is 1.70. The molecule has 2 rings (SSSR count). The van der Waals surface area contributed by atoms with Crippen molar-refractivity contribution in [2.45, 2.75) is 0 Å². The number of rotatable bonds is 1. The first-order valence-corrected chi connectivity index (χ1v) is 3.99. The summed E-state index contributed by atoms with van der Waals surface area (Å²) >= 11 is 5.72. The summed E-state index contributed by atoms with van der Waals surface area (Å²) in [7, 11) is 0. The maximum Gasteiger partial charge on any atom is 0.253 e. The van der Waals surface area contributed by atoms with Gasteiger partial charge in [-0.3, -0.25) is 4.79 Å². The van der Waals surface area contributed by atoms with E-state index in [0.717, 1.165) is 5.39 Å². The van der Waals surface area contributed by atoms with Crippen LogP contribution in [0.4, 0.5) is 0 Å². The number of nitrogens with two attached hydrogens (primary N) is 1. The van der Waals surface area contributed by atoms with Crippen LogP contribution in [-0.4, -0.2) is 15.9 Å². The van der Waals surface area contributed by atoms with Gasteiger partial charge in [0.05, 0.1) is 5.52 Å². The number of primary amides is 1. The normalized spacial score (nSPS) is 10.5. The first kappa shape index (κ1) is 8.07. The van der Waals surface area contributed by atoms with Crippen molar-refractivity contribution in [2.75, 3.05) is 0 Å². The topological polar surface area (TPSA) is 71.8 Å². The van der Waals surface area contributed by atoms with Crippen LogP contribution in [0.2, 0.25) is 5.15 Å². The van der Waals surface area contributed by atoms with Crippen molar-refractivity contribution in [3.05, 3.63) is 29.2 Å². The van der Waals surface area contributed by atoms with Crippen LogP contribution >= 0.6 is 11.6 Å². The third kappa shape index (κ3) is 1.15. The number of amides is 1. The molecule has 0 saturated carbocycles. The molecule has 0 aromatic carbocycles. The van der Waals surface area contributed by atoms with Crippen LogP contribution in [0.15, 0.2) is 18.5 Å². The van der Waals surface area contributed by atoms with Crippen molar-refractivity contribution in [1.82, 2.24) is 9.97 Å². The van der Waals surface area contributed by atoms with Gasteiger partial charge in [0, 0.05) is 17.8 Å². The third-order valence-electron chi connectivity index (χ3n) is 1.80. The van der Waals surface area contributed by atoms with Crippen LogP contribution in [0.5, 0.6) is 0 Å². The van der Waals surface area contributed by atoms with E-state index in [2.05, 4.69) is 9.97 Å². The number of fused-ring (bicyclic) bond motifs is 1. The highest BCUT2D eigenvalue weighted by molar-refractivity contribution is 6.34. The Bertz CT molecular complexity index is 477. The Morgan fingerprint density at radius 1 is 1.62 bits per heavy atom. The lowest BCUT2D eigenvalue weighted by Crippen LogP contribution is -2.12. The number of pyridine rings is 1. The number of aromatic amines is 1. The predicted octanol–water partition coefficient (Wildman–Crippen LogP) is 1.32. The van der Waals surface area contributed by atoms with E-state index in [-0.39, 0.29) is 10.7 Å². The summed E-state index contributed by atoms with van der Waals surface area (Å²) in [6.45, 7) is 0. The molecule has 0 aliphatic rings. The number of nitrogens with zero attached hydrogens (tertiary/aromatic N) is 1. The lowest BCUT2D eigenvalue weighted by Gasteiger charge is -1.99. The molecule has 0 fully saturated rings. The van der Waals surface area contributed by atoms with Crippen LogP contribution in [0.1, 0.15) is 10.4 Å². The summed E-state index contributed by atoms with van der Waals surface area (Å²) in [6.07, 6.45) is 3.29. The molecular weight excluding hydrogens is 190 g/mol. The molecule has 5 heteroatoms. The molecule has 13 heavy (non-hydrogen) atoms. The summed E-state index contributed by atoms with van der Waals surface area (Å²) in [4.78, 5) is 17.7. The number of halogens is 1. The van der Waals surface area contributed by atoms with E-state index in [1.165, 1.54) is 0 Å². The molecule has 0 spiro atoms. The molecule has 0 atom stereocenters. The third-order valence-corrected chi connectivity index (χ3v) is 2.09. The minimum atomic E-state index is -0.578. The second-order valence-corrected chi connectivity index (χ2v) is 2.95. The van der Waals surface area contributed by atoms with E-state index in [9.17, 15) is 4.79 Å². The number of hydrogen-bond donors (Lipinski definition) is 2. The van der Waals surface area contributed by atoms with Gasteiger partial charge in [0.1, 0.15) is 10.7 Å². The van der Waals surface area contributed by atoms with Crippen LogP contribution < -0.4 is 5.73 Å². The van der Waals surface area contributed by atoms with Crippen molar-refractivity contribution in [3.8, 4) is 0 Å². The molecule has 2 heterocycles. The summed E-state index contributed by atoms with van der Waals surface area (Å²) in [5, 5.41) is 0.945. The highest BCUT2D eigenvalue weighted by Crippen LogP contribution is 2.21. The van der Waals surface area contributed by atoms with Crippen molar-refractivity contribution < 1.29 is 4.79 Å². The van der Waals surface area contributed by atoms with Crippen LogP contribution in [-0.2, 0) is 0 Å². The monoisotopic (exact) mass is 195 g/mol. The largest absolute Gasteiger partial charge is 0.365 e. The zero-order chi connectivity index (χ0) is 9.42. The zero-order valence-corrected chi connectivity index (χ0v) is 7.30. The van der Waals surface area contributed by atoms with E-state index in [1.54, 1.807) is 18.5 Å². The number of carbonyl (C=O) groups excluding carboxylic acids is 1.